The lowest BCUT2D eigenvalue weighted by Crippen LogP contribution is -2.06. The number of aromatic amines is 1. The lowest BCUT2D eigenvalue weighted by Gasteiger charge is -2.09. The van der Waals surface area contributed by atoms with Crippen molar-refractivity contribution < 1.29 is 9.47 Å². The Kier molecular flexibility index (Phi) is 4.64. The molecule has 2 aromatic carbocycles. The van der Waals surface area contributed by atoms with Crippen molar-refractivity contribution in [3.8, 4) is 17.2 Å². The van der Waals surface area contributed by atoms with Crippen molar-refractivity contribution in [3.05, 3.63) is 64.1 Å². The maximum Gasteiger partial charge on any atom is 0.199 e. The second kappa shape index (κ2) is 6.85. The zero-order valence-electron chi connectivity index (χ0n) is 12.3. The zero-order valence-corrected chi connectivity index (χ0v) is 13.9. The Balaban J connectivity index is 1.86. The third-order valence-electron chi connectivity index (χ3n) is 3.23. The van der Waals surface area contributed by atoms with Crippen LogP contribution in [0.25, 0.3) is 5.69 Å². The number of halogens is 1. The van der Waals surface area contributed by atoms with Gasteiger partial charge in [0.25, 0.3) is 0 Å². The molecule has 0 radical (unpaired) electrons. The molecule has 0 aliphatic heterocycles. The highest BCUT2D eigenvalue weighted by molar-refractivity contribution is 7.71. The lowest BCUT2D eigenvalue weighted by molar-refractivity contribution is 0.293. The monoisotopic (exact) mass is 347 g/mol. The number of hydrogen-bond acceptors (Lipinski definition) is 4. The van der Waals surface area contributed by atoms with Crippen LogP contribution >= 0.6 is 23.8 Å². The molecule has 23 heavy (non-hydrogen) atoms. The molecule has 118 valence electrons. The first kappa shape index (κ1) is 15.6. The van der Waals surface area contributed by atoms with Gasteiger partial charge in [-0.3, -0.25) is 9.67 Å². The summed E-state index contributed by atoms with van der Waals surface area (Å²) in [5, 5.41) is 7.69. The van der Waals surface area contributed by atoms with E-state index in [-0.39, 0.29) is 6.61 Å². The first-order chi connectivity index (χ1) is 11.2. The second-order valence-corrected chi connectivity index (χ2v) is 5.55. The number of ether oxygens (including phenoxy) is 2. The maximum atomic E-state index is 5.86. The van der Waals surface area contributed by atoms with Crippen LogP contribution in [0, 0.1) is 4.77 Å². The minimum atomic E-state index is 0.270. The van der Waals surface area contributed by atoms with E-state index in [4.69, 9.17) is 33.3 Å². The van der Waals surface area contributed by atoms with Crippen molar-refractivity contribution in [2.75, 3.05) is 7.11 Å². The van der Waals surface area contributed by atoms with Gasteiger partial charge in [-0.05, 0) is 48.6 Å². The Morgan fingerprint density at radius 3 is 2.70 bits per heavy atom. The smallest absolute Gasteiger partial charge is 0.199 e. The van der Waals surface area contributed by atoms with Gasteiger partial charge in [-0.15, -0.1) is 0 Å². The molecule has 0 spiro atoms. The molecule has 3 rings (SSSR count). The minimum absolute atomic E-state index is 0.270. The number of hydrogen-bond donors (Lipinski definition) is 1. The molecule has 0 saturated heterocycles. The van der Waals surface area contributed by atoms with Crippen LogP contribution in [0.4, 0.5) is 0 Å². The Bertz CT molecular complexity index is 858. The molecule has 1 N–H and O–H groups in total. The molecular weight excluding hydrogens is 334 g/mol. The fourth-order valence-corrected chi connectivity index (χ4v) is 2.50. The Morgan fingerprint density at radius 1 is 1.17 bits per heavy atom. The Labute approximate surface area is 143 Å². The van der Waals surface area contributed by atoms with Crippen LogP contribution < -0.4 is 9.47 Å². The van der Waals surface area contributed by atoms with Gasteiger partial charge >= 0.3 is 0 Å². The van der Waals surface area contributed by atoms with Crippen molar-refractivity contribution >= 4 is 23.8 Å². The van der Waals surface area contributed by atoms with Crippen LogP contribution in [-0.2, 0) is 6.61 Å². The van der Waals surface area contributed by atoms with Crippen molar-refractivity contribution in [2.45, 2.75) is 6.61 Å². The molecule has 0 bridgehead atoms. The van der Waals surface area contributed by atoms with Gasteiger partial charge in [0.15, 0.2) is 10.6 Å². The highest BCUT2D eigenvalue weighted by atomic mass is 35.5. The summed E-state index contributed by atoms with van der Waals surface area (Å²) < 4.78 is 13.3. The molecule has 0 aliphatic rings. The average molecular weight is 348 g/mol. The number of rotatable bonds is 5. The molecule has 0 amide bonds. The molecule has 0 fully saturated rings. The summed E-state index contributed by atoms with van der Waals surface area (Å²) in [4.78, 5) is 0. The van der Waals surface area contributed by atoms with Gasteiger partial charge in [-0.2, -0.15) is 5.10 Å². The zero-order chi connectivity index (χ0) is 16.2. The molecular formula is C16H14ClN3O2S. The van der Waals surface area contributed by atoms with E-state index in [1.54, 1.807) is 31.4 Å². The fourth-order valence-electron chi connectivity index (χ4n) is 2.12. The van der Waals surface area contributed by atoms with Crippen molar-refractivity contribution in [1.82, 2.24) is 14.8 Å². The van der Waals surface area contributed by atoms with Crippen molar-refractivity contribution in [2.24, 2.45) is 0 Å². The van der Waals surface area contributed by atoms with Gasteiger partial charge in [-0.1, -0.05) is 17.7 Å². The van der Waals surface area contributed by atoms with Crippen LogP contribution in [-0.4, -0.2) is 21.9 Å². The number of benzene rings is 2. The predicted molar refractivity (Wildman–Crippen MR) is 91.1 cm³/mol. The SMILES string of the molecule is COc1cccc(-n2c(COc3ccc(Cl)cc3)n[nH]c2=S)c1. The molecule has 3 aromatic rings. The normalized spacial score (nSPS) is 10.5. The summed E-state index contributed by atoms with van der Waals surface area (Å²) in [7, 11) is 1.62. The third kappa shape index (κ3) is 3.55. The molecule has 0 atom stereocenters. The van der Waals surface area contributed by atoms with Crippen LogP contribution in [0.1, 0.15) is 5.82 Å². The topological polar surface area (TPSA) is 52.1 Å². The summed E-state index contributed by atoms with van der Waals surface area (Å²) in [5.41, 5.74) is 0.859. The largest absolute Gasteiger partial charge is 0.497 e. The van der Waals surface area contributed by atoms with Gasteiger partial charge in [-0.25, -0.2) is 0 Å². The second-order valence-electron chi connectivity index (χ2n) is 4.72. The van der Waals surface area contributed by atoms with Gasteiger partial charge in [0.05, 0.1) is 12.8 Å². The maximum absolute atomic E-state index is 5.86. The minimum Gasteiger partial charge on any atom is -0.497 e. The van der Waals surface area contributed by atoms with Crippen LogP contribution in [0.5, 0.6) is 11.5 Å². The summed E-state index contributed by atoms with van der Waals surface area (Å²) >= 11 is 11.2. The summed E-state index contributed by atoms with van der Waals surface area (Å²) in [6.07, 6.45) is 0. The highest BCUT2D eigenvalue weighted by Crippen LogP contribution is 2.20. The van der Waals surface area contributed by atoms with Gasteiger partial charge < -0.3 is 9.47 Å². The number of aromatic nitrogens is 3. The van der Waals surface area contributed by atoms with Crippen LogP contribution in [0.15, 0.2) is 48.5 Å². The van der Waals surface area contributed by atoms with E-state index >= 15 is 0 Å². The summed E-state index contributed by atoms with van der Waals surface area (Å²) in [6, 6.07) is 14.7. The number of nitrogens with one attached hydrogen (secondary N) is 1. The van der Waals surface area contributed by atoms with Crippen LogP contribution in [0.3, 0.4) is 0 Å². The molecule has 5 nitrogen and oxygen atoms in total. The van der Waals surface area contributed by atoms with Gasteiger partial charge in [0.2, 0.25) is 0 Å². The highest BCUT2D eigenvalue weighted by Gasteiger charge is 2.10. The average Bonchev–Trinajstić information content (AvgIpc) is 2.95. The van der Waals surface area contributed by atoms with E-state index < -0.39 is 0 Å². The van der Waals surface area contributed by atoms with Crippen LogP contribution in [0.2, 0.25) is 5.02 Å². The van der Waals surface area contributed by atoms with E-state index in [1.165, 1.54) is 0 Å². The first-order valence-corrected chi connectivity index (χ1v) is 7.65. The van der Waals surface area contributed by atoms with E-state index in [0.29, 0.717) is 21.4 Å². The number of methoxy groups -OCH3 is 1. The summed E-state index contributed by atoms with van der Waals surface area (Å²) in [5.74, 6) is 2.12. The Morgan fingerprint density at radius 2 is 1.96 bits per heavy atom. The van der Waals surface area contributed by atoms with E-state index in [2.05, 4.69) is 10.2 Å². The molecule has 0 unspecified atom stereocenters. The van der Waals surface area contributed by atoms with E-state index in [1.807, 2.05) is 28.8 Å². The van der Waals surface area contributed by atoms with Crippen molar-refractivity contribution in [3.63, 3.8) is 0 Å². The molecule has 1 aromatic heterocycles. The quantitative estimate of drug-likeness (QED) is 0.704. The molecule has 7 heteroatoms. The first-order valence-electron chi connectivity index (χ1n) is 6.86. The number of H-pyrrole nitrogens is 1. The Hall–Kier alpha value is -2.31. The fraction of sp³-hybridized carbons (Fsp3) is 0.125. The van der Waals surface area contributed by atoms with Gasteiger partial charge in [0.1, 0.15) is 18.1 Å². The van der Waals surface area contributed by atoms with E-state index in [0.717, 1.165) is 11.4 Å². The lowest BCUT2D eigenvalue weighted by atomic mass is 10.3. The number of nitrogens with zero attached hydrogens (tertiary/aromatic N) is 2. The van der Waals surface area contributed by atoms with Crippen molar-refractivity contribution in [1.29, 1.82) is 0 Å². The molecule has 0 aliphatic carbocycles. The van der Waals surface area contributed by atoms with E-state index in [9.17, 15) is 0 Å². The third-order valence-corrected chi connectivity index (χ3v) is 3.76. The standard InChI is InChI=1S/C16H14ClN3O2S/c1-21-14-4-2-3-12(9-14)20-15(18-19-16(20)23)10-22-13-7-5-11(17)6-8-13/h2-9H,10H2,1H3,(H,19,23). The molecule has 1 heterocycles. The van der Waals surface area contributed by atoms with Gasteiger partial charge in [0, 0.05) is 11.1 Å². The summed E-state index contributed by atoms with van der Waals surface area (Å²) in [6.45, 7) is 0.270. The predicted octanol–water partition coefficient (Wildman–Crippen LogP) is 4.17. The molecule has 0 saturated carbocycles.